The molecule has 1 saturated heterocycles. The normalized spacial score (nSPS) is 15.9. The van der Waals surface area contributed by atoms with E-state index in [0.29, 0.717) is 29.2 Å². The van der Waals surface area contributed by atoms with Crippen LogP contribution in [0.4, 0.5) is 16.2 Å². The van der Waals surface area contributed by atoms with E-state index in [1.807, 2.05) is 24.3 Å². The van der Waals surface area contributed by atoms with Crippen LogP contribution in [0.3, 0.4) is 0 Å². The van der Waals surface area contributed by atoms with Crippen LogP contribution in [0.5, 0.6) is 0 Å². The van der Waals surface area contributed by atoms with Crippen LogP contribution in [-0.2, 0) is 16.0 Å². The number of nitrogens with zero attached hydrogens (tertiary/aromatic N) is 1. The summed E-state index contributed by atoms with van der Waals surface area (Å²) in [6, 6.07) is 14.1. The number of rotatable bonds is 6. The highest BCUT2D eigenvalue weighted by molar-refractivity contribution is 5.95. The van der Waals surface area contributed by atoms with Crippen molar-refractivity contribution in [3.8, 4) is 0 Å². The number of anilines is 2. The molecule has 1 aromatic heterocycles. The number of nitrogens with one attached hydrogen (secondary N) is 3. The second kappa shape index (κ2) is 8.74. The van der Waals surface area contributed by atoms with Crippen molar-refractivity contribution in [2.24, 2.45) is 0 Å². The van der Waals surface area contributed by atoms with Gasteiger partial charge in [0.05, 0.1) is 12.5 Å². The fourth-order valence-electron chi connectivity index (χ4n) is 3.25. The molecule has 0 bridgehead atoms. The first-order valence-electron chi connectivity index (χ1n) is 9.57. The largest absolute Gasteiger partial charge is 0.376 e. The lowest BCUT2D eigenvalue weighted by molar-refractivity contribution is -0.115. The minimum absolute atomic E-state index is 0.0974. The van der Waals surface area contributed by atoms with Crippen LogP contribution in [0.2, 0.25) is 0 Å². The summed E-state index contributed by atoms with van der Waals surface area (Å²) in [6.07, 6.45) is 2.22. The number of para-hydroxylation sites is 1. The van der Waals surface area contributed by atoms with Gasteiger partial charge in [-0.25, -0.2) is 4.79 Å². The molecular weight excluding hydrogens is 372 g/mol. The number of benzene rings is 2. The summed E-state index contributed by atoms with van der Waals surface area (Å²) in [7, 11) is 0. The van der Waals surface area contributed by atoms with E-state index in [2.05, 4.69) is 21.1 Å². The van der Waals surface area contributed by atoms with Crippen LogP contribution < -0.4 is 16.0 Å². The van der Waals surface area contributed by atoms with Gasteiger partial charge >= 0.3 is 6.03 Å². The van der Waals surface area contributed by atoms with Crippen LogP contribution in [0.1, 0.15) is 18.5 Å². The molecule has 3 aromatic rings. The Hall–Kier alpha value is -3.39. The monoisotopic (exact) mass is 394 g/mol. The molecule has 8 nitrogen and oxygen atoms in total. The molecule has 29 heavy (non-hydrogen) atoms. The van der Waals surface area contributed by atoms with Gasteiger partial charge in [-0.15, -0.1) is 0 Å². The number of carbonyl (C=O) groups is 2. The smallest absolute Gasteiger partial charge is 0.319 e. The summed E-state index contributed by atoms with van der Waals surface area (Å²) in [5.74, 6) is -0.195. The van der Waals surface area contributed by atoms with Crippen molar-refractivity contribution in [2.75, 3.05) is 23.8 Å². The number of carbonyl (C=O) groups excluding carboxylic acids is 2. The summed E-state index contributed by atoms with van der Waals surface area (Å²) in [5, 5.41) is 13.2. The van der Waals surface area contributed by atoms with Gasteiger partial charge in [0.15, 0.2) is 5.58 Å². The minimum Gasteiger partial charge on any atom is -0.376 e. The molecule has 1 unspecified atom stereocenters. The van der Waals surface area contributed by atoms with E-state index < -0.39 is 0 Å². The standard InChI is InChI=1S/C21H22N4O4/c26-20(12-18-17-5-1-2-6-19(17)29-25-18)23-14-7-9-15(10-8-14)24-21(27)22-13-16-4-3-11-28-16/h1-2,5-10,16H,3-4,11-13H2,(H,23,26)(H2,22,24,27). The van der Waals surface area contributed by atoms with E-state index >= 15 is 0 Å². The maximum atomic E-state index is 12.3. The minimum atomic E-state index is -0.282. The lowest BCUT2D eigenvalue weighted by Gasteiger charge is -2.12. The fourth-order valence-corrected chi connectivity index (χ4v) is 3.25. The van der Waals surface area contributed by atoms with Crippen molar-refractivity contribution < 1.29 is 18.8 Å². The van der Waals surface area contributed by atoms with Crippen LogP contribution in [0.25, 0.3) is 11.0 Å². The maximum absolute atomic E-state index is 12.3. The molecule has 0 radical (unpaired) electrons. The lowest BCUT2D eigenvalue weighted by Crippen LogP contribution is -2.35. The first-order chi connectivity index (χ1) is 14.2. The summed E-state index contributed by atoms with van der Waals surface area (Å²) in [6.45, 7) is 1.25. The third-order valence-electron chi connectivity index (χ3n) is 4.72. The van der Waals surface area contributed by atoms with Crippen molar-refractivity contribution in [2.45, 2.75) is 25.4 Å². The molecule has 8 heteroatoms. The SMILES string of the molecule is O=C(Cc1noc2ccccc12)Nc1ccc(NC(=O)NCC2CCCO2)cc1. The zero-order valence-corrected chi connectivity index (χ0v) is 15.8. The van der Waals surface area contributed by atoms with E-state index in [9.17, 15) is 9.59 Å². The quantitative estimate of drug-likeness (QED) is 0.595. The van der Waals surface area contributed by atoms with Gasteiger partial charge in [-0.1, -0.05) is 17.3 Å². The van der Waals surface area contributed by atoms with Gasteiger partial charge in [-0.05, 0) is 49.2 Å². The summed E-state index contributed by atoms with van der Waals surface area (Å²) in [5.41, 5.74) is 2.52. The average molecular weight is 394 g/mol. The number of urea groups is 1. The Balaban J connectivity index is 1.27. The highest BCUT2D eigenvalue weighted by Crippen LogP contribution is 2.19. The molecule has 2 heterocycles. The Kier molecular flexibility index (Phi) is 5.71. The van der Waals surface area contributed by atoms with Gasteiger partial charge in [-0.3, -0.25) is 4.79 Å². The van der Waals surface area contributed by atoms with Crippen LogP contribution in [0.15, 0.2) is 53.1 Å². The van der Waals surface area contributed by atoms with E-state index in [0.717, 1.165) is 24.8 Å². The van der Waals surface area contributed by atoms with Gasteiger partial charge in [0.1, 0.15) is 5.69 Å². The van der Waals surface area contributed by atoms with Crippen molar-refractivity contribution >= 4 is 34.3 Å². The predicted octanol–water partition coefficient (Wildman–Crippen LogP) is 3.31. The highest BCUT2D eigenvalue weighted by atomic mass is 16.5. The zero-order valence-electron chi connectivity index (χ0n) is 15.8. The maximum Gasteiger partial charge on any atom is 0.319 e. The van der Waals surface area contributed by atoms with Gasteiger partial charge in [0.2, 0.25) is 5.91 Å². The Morgan fingerprint density at radius 1 is 1.03 bits per heavy atom. The van der Waals surface area contributed by atoms with Crippen molar-refractivity contribution in [1.82, 2.24) is 10.5 Å². The molecule has 0 aliphatic carbocycles. The molecule has 1 aliphatic heterocycles. The molecule has 4 rings (SSSR count). The molecule has 1 atom stereocenters. The van der Waals surface area contributed by atoms with E-state index in [1.54, 1.807) is 24.3 Å². The second-order valence-electron chi connectivity index (χ2n) is 6.90. The Labute approximate surface area is 167 Å². The molecule has 1 fully saturated rings. The van der Waals surface area contributed by atoms with Crippen LogP contribution in [0, 0.1) is 0 Å². The van der Waals surface area contributed by atoms with Gasteiger partial charge < -0.3 is 25.2 Å². The first kappa shape index (κ1) is 18.9. The average Bonchev–Trinajstić information content (AvgIpc) is 3.38. The van der Waals surface area contributed by atoms with E-state index in [4.69, 9.17) is 9.26 Å². The van der Waals surface area contributed by atoms with Gasteiger partial charge in [-0.2, -0.15) is 0 Å². The lowest BCUT2D eigenvalue weighted by atomic mass is 10.1. The fraction of sp³-hybridized carbons (Fsp3) is 0.286. The first-order valence-corrected chi connectivity index (χ1v) is 9.57. The van der Waals surface area contributed by atoms with Crippen LogP contribution >= 0.6 is 0 Å². The zero-order chi connectivity index (χ0) is 20.1. The Morgan fingerprint density at radius 3 is 2.55 bits per heavy atom. The van der Waals surface area contributed by atoms with E-state index in [-0.39, 0.29) is 24.5 Å². The van der Waals surface area contributed by atoms with Gasteiger partial charge in [0, 0.05) is 29.9 Å². The molecule has 0 saturated carbocycles. The number of hydrogen-bond acceptors (Lipinski definition) is 5. The number of hydrogen-bond donors (Lipinski definition) is 3. The molecule has 150 valence electrons. The summed E-state index contributed by atoms with van der Waals surface area (Å²) in [4.78, 5) is 24.3. The number of aromatic nitrogens is 1. The molecule has 2 aromatic carbocycles. The van der Waals surface area contributed by atoms with Crippen molar-refractivity contribution in [3.05, 3.63) is 54.2 Å². The topological polar surface area (TPSA) is 105 Å². The Bertz CT molecular complexity index is 993. The number of fused-ring (bicyclic) bond motifs is 1. The van der Waals surface area contributed by atoms with Crippen LogP contribution in [-0.4, -0.2) is 36.4 Å². The Morgan fingerprint density at radius 2 is 1.79 bits per heavy atom. The van der Waals surface area contributed by atoms with Crippen molar-refractivity contribution in [1.29, 1.82) is 0 Å². The summed E-state index contributed by atoms with van der Waals surface area (Å²) >= 11 is 0. The molecule has 3 N–H and O–H groups in total. The second-order valence-corrected chi connectivity index (χ2v) is 6.90. The third kappa shape index (κ3) is 4.91. The third-order valence-corrected chi connectivity index (χ3v) is 4.72. The molecule has 0 spiro atoms. The number of amides is 3. The predicted molar refractivity (Wildman–Crippen MR) is 109 cm³/mol. The molecule has 1 aliphatic rings. The van der Waals surface area contributed by atoms with Gasteiger partial charge in [0.25, 0.3) is 0 Å². The number of ether oxygens (including phenoxy) is 1. The highest BCUT2D eigenvalue weighted by Gasteiger charge is 2.16. The summed E-state index contributed by atoms with van der Waals surface area (Å²) < 4.78 is 10.7. The molecular formula is C21H22N4O4. The van der Waals surface area contributed by atoms with E-state index in [1.165, 1.54) is 0 Å². The molecule has 3 amide bonds. The van der Waals surface area contributed by atoms with Crippen molar-refractivity contribution in [3.63, 3.8) is 0 Å².